The second-order valence-electron chi connectivity index (χ2n) is 6.64. The predicted molar refractivity (Wildman–Crippen MR) is 125 cm³/mol. The molecule has 0 saturated heterocycles. The molecule has 0 radical (unpaired) electrons. The Morgan fingerprint density at radius 2 is 2.00 bits per heavy atom. The maximum Gasteiger partial charge on any atom is 0.322 e. The third-order valence-electron chi connectivity index (χ3n) is 4.39. The molecule has 0 spiro atoms. The number of thiophene rings is 1. The molecule has 0 aliphatic heterocycles. The summed E-state index contributed by atoms with van der Waals surface area (Å²) in [4.78, 5) is 14.9. The van der Waals surface area contributed by atoms with Crippen LogP contribution in [0.1, 0.15) is 32.5 Å². The Morgan fingerprint density at radius 3 is 2.75 bits per heavy atom. The van der Waals surface area contributed by atoms with Gasteiger partial charge in [0.15, 0.2) is 0 Å². The molecule has 4 aromatic rings. The van der Waals surface area contributed by atoms with Gasteiger partial charge >= 0.3 is 5.97 Å². The van der Waals surface area contributed by atoms with E-state index in [0.29, 0.717) is 10.4 Å². The largest absolute Gasteiger partial charge is 0.480 e. The van der Waals surface area contributed by atoms with Gasteiger partial charge < -0.3 is 10.1 Å². The van der Waals surface area contributed by atoms with E-state index in [0.717, 1.165) is 11.3 Å². The Bertz CT molecular complexity index is 1800. The molecule has 0 unspecified atom stereocenters. The Hall–Kier alpha value is -3.38. The number of hydrogen-bond acceptors (Lipinski definition) is 4. The molecule has 0 aliphatic carbocycles. The van der Waals surface area contributed by atoms with Crippen LogP contribution in [0.4, 0.5) is 0 Å². The van der Waals surface area contributed by atoms with Gasteiger partial charge in [0, 0.05) is 33.2 Å². The normalized spacial score (nSPS) is 16.2. The van der Waals surface area contributed by atoms with E-state index in [9.17, 15) is 18.3 Å². The van der Waals surface area contributed by atoms with Crippen LogP contribution in [0.25, 0.3) is 10.9 Å². The van der Waals surface area contributed by atoms with Crippen LogP contribution in [0, 0.1) is 18.7 Å². The van der Waals surface area contributed by atoms with Crippen molar-refractivity contribution >= 4 is 38.2 Å². The van der Waals surface area contributed by atoms with Gasteiger partial charge in [0.05, 0.1) is 11.7 Å². The highest BCUT2D eigenvalue weighted by Gasteiger charge is 2.27. The van der Waals surface area contributed by atoms with Crippen LogP contribution < -0.4 is 4.72 Å². The van der Waals surface area contributed by atoms with Crippen molar-refractivity contribution in [3.8, 4) is 11.8 Å². The van der Waals surface area contributed by atoms with E-state index in [1.165, 1.54) is 36.4 Å². The third kappa shape index (κ3) is 4.92. The van der Waals surface area contributed by atoms with E-state index in [1.807, 2.05) is 0 Å². The van der Waals surface area contributed by atoms with Crippen molar-refractivity contribution in [2.24, 2.45) is 0 Å². The summed E-state index contributed by atoms with van der Waals surface area (Å²) in [6, 6.07) is 4.89. The average Bonchev–Trinajstić information content (AvgIpc) is 3.49. The van der Waals surface area contributed by atoms with Crippen LogP contribution in [0.3, 0.4) is 0 Å². The minimum absolute atomic E-state index is 0.0701. The van der Waals surface area contributed by atoms with E-state index in [4.69, 9.17) is 11.0 Å². The molecule has 6 nitrogen and oxygen atoms in total. The molecule has 1 atom stereocenters. The first kappa shape index (κ1) is 13.9. The van der Waals surface area contributed by atoms with E-state index in [-0.39, 0.29) is 32.4 Å². The first-order valence-electron chi connectivity index (χ1n) is 13.1. The molecule has 0 bridgehead atoms. The van der Waals surface area contributed by atoms with E-state index < -0.39 is 59.5 Å². The first-order valence-corrected chi connectivity index (χ1v) is 11.4. The highest BCUT2D eigenvalue weighted by molar-refractivity contribution is 7.91. The molecule has 0 fully saturated rings. The summed E-state index contributed by atoms with van der Waals surface area (Å²) in [5, 5.41) is 9.67. The van der Waals surface area contributed by atoms with Gasteiger partial charge in [-0.15, -0.1) is 11.3 Å². The molecule has 4 rings (SSSR count). The van der Waals surface area contributed by atoms with Gasteiger partial charge in [0.1, 0.15) is 10.3 Å². The van der Waals surface area contributed by atoms with Crippen LogP contribution in [0.5, 0.6) is 0 Å². The highest BCUT2D eigenvalue weighted by atomic mass is 32.2. The zero-order valence-corrected chi connectivity index (χ0v) is 17.9. The smallest absolute Gasteiger partial charge is 0.322 e. The number of para-hydroxylation sites is 1. The number of aryl methyl sites for hydroxylation is 1. The summed E-state index contributed by atoms with van der Waals surface area (Å²) in [6.07, 6.45) is -0.909. The lowest BCUT2D eigenvalue weighted by Gasteiger charge is -2.13. The number of hydrogen-bond donors (Lipinski definition) is 3. The van der Waals surface area contributed by atoms with Crippen LogP contribution >= 0.6 is 11.3 Å². The molecule has 2 aromatic heterocycles. The molecule has 0 saturated carbocycles. The lowest BCUT2D eigenvalue weighted by atomic mass is 10.1. The number of rotatable bonds is 6. The van der Waals surface area contributed by atoms with Gasteiger partial charge in [-0.2, -0.15) is 4.72 Å². The molecule has 32 heavy (non-hydrogen) atoms. The molecule has 2 heterocycles. The third-order valence-corrected chi connectivity index (χ3v) is 7.36. The second-order valence-corrected chi connectivity index (χ2v) is 9.67. The number of sulfonamides is 1. The summed E-state index contributed by atoms with van der Waals surface area (Å²) in [6.45, 7) is -2.25. The maximum absolute atomic E-state index is 13.0. The number of fused-ring (bicyclic) bond motifs is 1. The van der Waals surface area contributed by atoms with Crippen LogP contribution in [0.15, 0.2) is 70.9 Å². The molecular formula is C24H20N2O4S2. The second kappa shape index (κ2) is 9.01. The number of aromatic nitrogens is 1. The van der Waals surface area contributed by atoms with Crippen molar-refractivity contribution in [3.63, 3.8) is 0 Å². The summed E-state index contributed by atoms with van der Waals surface area (Å²) in [5.74, 6) is 4.06. The number of carboxylic acid groups (broad SMARTS) is 1. The summed E-state index contributed by atoms with van der Waals surface area (Å²) >= 11 is 0.791. The highest BCUT2D eigenvalue weighted by Crippen LogP contribution is 2.23. The van der Waals surface area contributed by atoms with Crippen molar-refractivity contribution in [2.45, 2.75) is 23.5 Å². The Labute approximate surface area is 201 Å². The maximum atomic E-state index is 13.0. The zero-order chi connectivity index (χ0) is 29.6. The average molecular weight is 473 g/mol. The van der Waals surface area contributed by atoms with Gasteiger partial charge in [-0.25, -0.2) is 8.42 Å². The van der Waals surface area contributed by atoms with Gasteiger partial charge in [0.2, 0.25) is 0 Å². The standard InChI is InChI=1S/C24H20N2O4S2/c1-16-6-8-17(9-7-16)10-11-19-12-13-23(31-19)32(29,30)26-22(24(27)28)14-18-15-25-21-5-3-2-4-20(18)21/h2-9,12-13,15,22,25-26H,14H2,1H3,(H,27,28)/t22-/m1/s1/i1D3,2D,3D,4D,5D,15D. The minimum atomic E-state index is -4.36. The summed E-state index contributed by atoms with van der Waals surface area (Å²) < 4.78 is 90.2. The summed E-state index contributed by atoms with van der Waals surface area (Å²) in [7, 11) is -4.36. The molecule has 3 N–H and O–H groups in total. The van der Waals surface area contributed by atoms with E-state index in [2.05, 4.69) is 21.5 Å². The van der Waals surface area contributed by atoms with Gasteiger partial charge in [0.25, 0.3) is 10.0 Å². The molecule has 2 aromatic carbocycles. The molecule has 0 aliphatic rings. The Kier molecular flexibility index (Phi) is 3.91. The Morgan fingerprint density at radius 1 is 1.22 bits per heavy atom. The number of aromatic amines is 1. The first-order chi connectivity index (χ1) is 18.6. The fourth-order valence-electron chi connectivity index (χ4n) is 2.83. The van der Waals surface area contributed by atoms with Crippen molar-refractivity contribution in [2.75, 3.05) is 0 Å². The number of benzene rings is 2. The summed E-state index contributed by atoms with van der Waals surface area (Å²) in [5.41, 5.74) is 0.525. The van der Waals surface area contributed by atoms with Crippen LogP contribution in [0.2, 0.25) is 0 Å². The lowest BCUT2D eigenvalue weighted by Crippen LogP contribution is -2.41. The molecule has 0 amide bonds. The SMILES string of the molecule is [2H]c1[nH]c2c([2H])c([2H])c([2H])c([2H])c2c1C[C@@H](NS(=O)(=O)c1ccc(C#Cc2ccc(C([2H])([2H])[2H])cc2)s1)C(=O)O. The van der Waals surface area contributed by atoms with Crippen molar-refractivity contribution in [1.29, 1.82) is 0 Å². The van der Waals surface area contributed by atoms with Gasteiger partial charge in [-0.3, -0.25) is 4.79 Å². The number of nitrogens with one attached hydrogen (secondary N) is 2. The Balaban J connectivity index is 1.58. The van der Waals surface area contributed by atoms with Crippen LogP contribution in [-0.2, 0) is 21.2 Å². The molecule has 162 valence electrons. The van der Waals surface area contributed by atoms with Gasteiger partial charge in [-0.1, -0.05) is 47.7 Å². The predicted octanol–water partition coefficient (Wildman–Crippen LogP) is 3.91. The minimum Gasteiger partial charge on any atom is -0.480 e. The fraction of sp³-hybridized carbons (Fsp3) is 0.125. The number of carbonyl (C=O) groups is 1. The van der Waals surface area contributed by atoms with Crippen molar-refractivity contribution in [3.05, 3.63) is 88.3 Å². The number of aliphatic carboxylic acids is 1. The lowest BCUT2D eigenvalue weighted by molar-refractivity contribution is -0.138. The fourth-order valence-corrected chi connectivity index (χ4v) is 5.20. The van der Waals surface area contributed by atoms with Crippen molar-refractivity contribution in [1.82, 2.24) is 9.71 Å². The quantitative estimate of drug-likeness (QED) is 0.371. The molecule has 8 heteroatoms. The zero-order valence-electron chi connectivity index (χ0n) is 24.2. The number of H-pyrrole nitrogens is 1. The van der Waals surface area contributed by atoms with Gasteiger partial charge in [-0.05, 0) is 42.7 Å². The van der Waals surface area contributed by atoms with E-state index in [1.54, 1.807) is 0 Å². The number of carboxylic acids is 1. The van der Waals surface area contributed by atoms with E-state index >= 15 is 0 Å². The molecular weight excluding hydrogens is 444 g/mol. The van der Waals surface area contributed by atoms with Crippen molar-refractivity contribution < 1.29 is 29.3 Å². The topological polar surface area (TPSA) is 99.3 Å². The monoisotopic (exact) mass is 472 g/mol. The van der Waals surface area contributed by atoms with Crippen LogP contribution in [-0.4, -0.2) is 30.5 Å².